The summed E-state index contributed by atoms with van der Waals surface area (Å²) in [6.07, 6.45) is 3.27. The number of carbonyl (C=O) groups is 2. The number of carbonyl (C=O) groups excluding carboxylic acids is 2. The van der Waals surface area contributed by atoms with Crippen molar-refractivity contribution in [2.75, 3.05) is 24.9 Å². The van der Waals surface area contributed by atoms with Gasteiger partial charge in [0, 0.05) is 34.2 Å². The molecule has 0 spiro atoms. The van der Waals surface area contributed by atoms with E-state index in [9.17, 15) is 9.59 Å². The number of hydrogen-bond acceptors (Lipinski definition) is 6. The number of thioether (sulfide) groups is 1. The molecule has 2 amide bonds. The first-order chi connectivity index (χ1) is 17.6. The van der Waals surface area contributed by atoms with Crippen molar-refractivity contribution in [2.45, 2.75) is 10.1 Å². The smallest absolute Gasteiger partial charge is 0.255 e. The molecule has 0 aliphatic heterocycles. The molecule has 0 bridgehead atoms. The van der Waals surface area contributed by atoms with Gasteiger partial charge in [-0.3, -0.25) is 14.6 Å². The van der Waals surface area contributed by atoms with Crippen LogP contribution in [-0.4, -0.2) is 31.0 Å². The number of amides is 2. The molecule has 4 rings (SSSR count). The standard InChI is InChI=1S/C28H25N3O4S/c1-34-24-13-8-20(18-25(24)35-2)27(32)30-21-9-11-23(12-10-21)36-26(19-6-4-3-5-7-19)28(33)31-22-14-16-29-17-15-22/h3-18,26H,1-2H3,(H,30,32)(H,29,31,33). The molecule has 1 aromatic heterocycles. The Morgan fingerprint density at radius 3 is 2.11 bits per heavy atom. The lowest BCUT2D eigenvalue weighted by atomic mass is 10.1. The minimum atomic E-state index is -0.466. The highest BCUT2D eigenvalue weighted by Gasteiger charge is 2.22. The number of benzene rings is 3. The van der Waals surface area contributed by atoms with Gasteiger partial charge in [-0.15, -0.1) is 11.8 Å². The summed E-state index contributed by atoms with van der Waals surface area (Å²) in [6.45, 7) is 0. The predicted octanol–water partition coefficient (Wildman–Crippen LogP) is 5.82. The molecule has 0 radical (unpaired) electrons. The largest absolute Gasteiger partial charge is 0.493 e. The lowest BCUT2D eigenvalue weighted by molar-refractivity contribution is -0.115. The highest BCUT2D eigenvalue weighted by Crippen LogP contribution is 2.37. The van der Waals surface area contributed by atoms with Crippen LogP contribution in [0.25, 0.3) is 0 Å². The number of anilines is 2. The molecule has 7 nitrogen and oxygen atoms in total. The Balaban J connectivity index is 1.47. The van der Waals surface area contributed by atoms with Gasteiger partial charge in [0.25, 0.3) is 5.91 Å². The Morgan fingerprint density at radius 2 is 1.44 bits per heavy atom. The lowest BCUT2D eigenvalue weighted by Crippen LogP contribution is -2.19. The Morgan fingerprint density at radius 1 is 0.778 bits per heavy atom. The number of nitrogens with zero attached hydrogens (tertiary/aromatic N) is 1. The van der Waals surface area contributed by atoms with E-state index in [-0.39, 0.29) is 11.8 Å². The molecule has 1 atom stereocenters. The van der Waals surface area contributed by atoms with E-state index in [1.807, 2.05) is 54.6 Å². The molecule has 3 aromatic carbocycles. The molecular formula is C28H25N3O4S. The van der Waals surface area contributed by atoms with Crippen molar-refractivity contribution in [1.82, 2.24) is 4.98 Å². The van der Waals surface area contributed by atoms with Gasteiger partial charge in [-0.1, -0.05) is 30.3 Å². The van der Waals surface area contributed by atoms with Crippen LogP contribution in [0.15, 0.2) is 102 Å². The minimum Gasteiger partial charge on any atom is -0.493 e. The van der Waals surface area contributed by atoms with Crippen LogP contribution in [-0.2, 0) is 4.79 Å². The van der Waals surface area contributed by atoms with E-state index in [1.54, 1.807) is 49.8 Å². The van der Waals surface area contributed by atoms with Gasteiger partial charge in [0.1, 0.15) is 5.25 Å². The summed E-state index contributed by atoms with van der Waals surface area (Å²) in [7, 11) is 3.07. The van der Waals surface area contributed by atoms with Crippen LogP contribution in [0.1, 0.15) is 21.2 Å². The van der Waals surface area contributed by atoms with Crippen molar-refractivity contribution < 1.29 is 19.1 Å². The van der Waals surface area contributed by atoms with E-state index in [0.29, 0.717) is 28.4 Å². The van der Waals surface area contributed by atoms with Crippen LogP contribution in [0.2, 0.25) is 0 Å². The first-order valence-electron chi connectivity index (χ1n) is 11.1. The summed E-state index contributed by atoms with van der Waals surface area (Å²) in [5, 5.41) is 5.38. The molecule has 1 unspecified atom stereocenters. The molecule has 1 heterocycles. The molecule has 8 heteroatoms. The number of pyridine rings is 1. The van der Waals surface area contributed by atoms with E-state index in [0.717, 1.165) is 10.5 Å². The maximum Gasteiger partial charge on any atom is 0.255 e. The van der Waals surface area contributed by atoms with E-state index in [2.05, 4.69) is 15.6 Å². The third kappa shape index (κ3) is 6.22. The first kappa shape index (κ1) is 24.8. The number of ether oxygens (including phenoxy) is 2. The topological polar surface area (TPSA) is 89.5 Å². The number of methoxy groups -OCH3 is 2. The van der Waals surface area contributed by atoms with E-state index >= 15 is 0 Å². The zero-order chi connectivity index (χ0) is 25.3. The second kappa shape index (κ2) is 11.9. The molecule has 0 saturated heterocycles. The van der Waals surface area contributed by atoms with Crippen LogP contribution in [0.3, 0.4) is 0 Å². The highest BCUT2D eigenvalue weighted by atomic mass is 32.2. The molecular weight excluding hydrogens is 474 g/mol. The summed E-state index contributed by atoms with van der Waals surface area (Å²) in [4.78, 5) is 30.8. The Hall–Kier alpha value is -4.30. The maximum atomic E-state index is 13.2. The fourth-order valence-corrected chi connectivity index (χ4v) is 4.50. The second-order valence-electron chi connectivity index (χ2n) is 7.68. The van der Waals surface area contributed by atoms with Gasteiger partial charge in [0.15, 0.2) is 11.5 Å². The second-order valence-corrected chi connectivity index (χ2v) is 8.86. The van der Waals surface area contributed by atoms with Crippen LogP contribution < -0.4 is 20.1 Å². The van der Waals surface area contributed by atoms with E-state index < -0.39 is 5.25 Å². The summed E-state index contributed by atoms with van der Waals surface area (Å²) < 4.78 is 10.5. The van der Waals surface area contributed by atoms with Gasteiger partial charge in [-0.2, -0.15) is 0 Å². The fourth-order valence-electron chi connectivity index (χ4n) is 3.48. The Bertz CT molecular complexity index is 1320. The molecule has 182 valence electrons. The summed E-state index contributed by atoms with van der Waals surface area (Å²) >= 11 is 1.43. The fraction of sp³-hybridized carbons (Fsp3) is 0.107. The third-order valence-corrected chi connectivity index (χ3v) is 6.57. The Labute approximate surface area is 213 Å². The number of hydrogen-bond donors (Lipinski definition) is 2. The molecule has 0 saturated carbocycles. The average molecular weight is 500 g/mol. The monoisotopic (exact) mass is 499 g/mol. The summed E-state index contributed by atoms with van der Waals surface area (Å²) in [5.41, 5.74) is 2.66. The van der Waals surface area contributed by atoms with Gasteiger partial charge in [0.2, 0.25) is 5.91 Å². The van der Waals surface area contributed by atoms with Crippen LogP contribution in [0, 0.1) is 0 Å². The predicted molar refractivity (Wildman–Crippen MR) is 142 cm³/mol. The average Bonchev–Trinajstić information content (AvgIpc) is 2.93. The maximum absolute atomic E-state index is 13.2. The van der Waals surface area contributed by atoms with Gasteiger partial charge in [-0.05, 0) is 60.2 Å². The van der Waals surface area contributed by atoms with E-state index in [1.165, 1.54) is 18.9 Å². The Kier molecular flexibility index (Phi) is 8.20. The van der Waals surface area contributed by atoms with Gasteiger partial charge < -0.3 is 20.1 Å². The van der Waals surface area contributed by atoms with Crippen molar-refractivity contribution in [2.24, 2.45) is 0 Å². The quantitative estimate of drug-likeness (QED) is 0.282. The molecule has 36 heavy (non-hydrogen) atoms. The molecule has 0 aliphatic carbocycles. The summed E-state index contributed by atoms with van der Waals surface area (Å²) in [5.74, 6) is 0.628. The van der Waals surface area contributed by atoms with Crippen LogP contribution in [0.5, 0.6) is 11.5 Å². The zero-order valence-corrected chi connectivity index (χ0v) is 20.6. The van der Waals surface area contributed by atoms with Crippen molar-refractivity contribution in [3.8, 4) is 11.5 Å². The van der Waals surface area contributed by atoms with E-state index in [4.69, 9.17) is 9.47 Å². The lowest BCUT2D eigenvalue weighted by Gasteiger charge is -2.17. The normalized spacial score (nSPS) is 11.3. The van der Waals surface area contributed by atoms with Gasteiger partial charge in [0.05, 0.1) is 14.2 Å². The zero-order valence-electron chi connectivity index (χ0n) is 19.8. The summed E-state index contributed by atoms with van der Waals surface area (Å²) in [6, 6.07) is 25.5. The molecule has 4 aromatic rings. The highest BCUT2D eigenvalue weighted by molar-refractivity contribution is 8.00. The van der Waals surface area contributed by atoms with Crippen LogP contribution in [0.4, 0.5) is 11.4 Å². The number of rotatable bonds is 9. The van der Waals surface area contributed by atoms with Crippen molar-refractivity contribution in [1.29, 1.82) is 0 Å². The molecule has 0 fully saturated rings. The molecule has 2 N–H and O–H groups in total. The first-order valence-corrected chi connectivity index (χ1v) is 12.0. The minimum absolute atomic E-state index is 0.136. The third-order valence-electron chi connectivity index (χ3n) is 5.30. The van der Waals surface area contributed by atoms with Crippen molar-refractivity contribution >= 4 is 35.0 Å². The van der Waals surface area contributed by atoms with Crippen molar-refractivity contribution in [3.05, 3.63) is 108 Å². The van der Waals surface area contributed by atoms with Gasteiger partial charge >= 0.3 is 0 Å². The number of nitrogens with one attached hydrogen (secondary N) is 2. The molecule has 0 aliphatic rings. The SMILES string of the molecule is COc1ccc(C(=O)Nc2ccc(SC(C(=O)Nc3ccncc3)c3ccccc3)cc2)cc1OC. The van der Waals surface area contributed by atoms with Crippen molar-refractivity contribution in [3.63, 3.8) is 0 Å². The van der Waals surface area contributed by atoms with Crippen LogP contribution >= 0.6 is 11.8 Å². The number of aromatic nitrogens is 1. The van der Waals surface area contributed by atoms with Gasteiger partial charge in [-0.25, -0.2) is 0 Å².